The zero-order valence-electron chi connectivity index (χ0n) is 13.0. The molecule has 0 saturated carbocycles. The Morgan fingerprint density at radius 2 is 1.76 bits per heavy atom. The molecule has 0 heterocycles. The van der Waals surface area contributed by atoms with E-state index in [0.717, 1.165) is 24.3 Å². The molecule has 0 aromatic heterocycles. The molecule has 116 valence electrons. The van der Waals surface area contributed by atoms with Crippen molar-refractivity contribution in [3.63, 3.8) is 0 Å². The van der Waals surface area contributed by atoms with Crippen LogP contribution in [0.3, 0.4) is 0 Å². The van der Waals surface area contributed by atoms with Gasteiger partial charge in [0.25, 0.3) is 0 Å². The molecule has 1 rings (SSSR count). The molecule has 0 bridgehead atoms. The molecule has 0 spiro atoms. The fourth-order valence-corrected chi connectivity index (χ4v) is 2.01. The van der Waals surface area contributed by atoms with Gasteiger partial charge in [-0.05, 0) is 49.9 Å². The van der Waals surface area contributed by atoms with Gasteiger partial charge in [0.1, 0.15) is 0 Å². The summed E-state index contributed by atoms with van der Waals surface area (Å²) in [5.41, 5.74) is 9.09. The van der Waals surface area contributed by atoms with E-state index in [4.69, 9.17) is 24.4 Å². The molecule has 0 aliphatic carbocycles. The molecule has 0 amide bonds. The van der Waals surface area contributed by atoms with Crippen LogP contribution in [0.5, 0.6) is 0 Å². The minimum atomic E-state index is 0.476. The highest BCUT2D eigenvalue weighted by Gasteiger charge is 2.02. The Hall–Kier alpha value is -1.44. The Morgan fingerprint density at radius 1 is 1.10 bits per heavy atom. The van der Waals surface area contributed by atoms with Gasteiger partial charge in [-0.15, -0.1) is 0 Å². The molecule has 0 fully saturated rings. The predicted octanol–water partition coefficient (Wildman–Crippen LogP) is 0.113. The summed E-state index contributed by atoms with van der Waals surface area (Å²) in [5, 5.41) is 7.24. The Kier molecular flexibility index (Phi) is 7.35. The molecule has 5 nitrogen and oxygen atoms in total. The van der Waals surface area contributed by atoms with Crippen molar-refractivity contribution in [2.75, 3.05) is 32.5 Å². The molecule has 7 heteroatoms. The lowest BCUT2D eigenvalue weighted by molar-refractivity contribution is -0.856. The first kappa shape index (κ1) is 17.6. The third-order valence-corrected chi connectivity index (χ3v) is 3.28. The number of quaternary nitrogens is 1. The summed E-state index contributed by atoms with van der Waals surface area (Å²) < 4.78 is 0. The topological polar surface area (TPSA) is 52.6 Å². The second kappa shape index (κ2) is 8.76. The second-order valence-electron chi connectivity index (χ2n) is 5.24. The molecule has 0 unspecified atom stereocenters. The summed E-state index contributed by atoms with van der Waals surface area (Å²) >= 11 is 10.4. The fourth-order valence-electron chi connectivity index (χ4n) is 1.69. The summed E-state index contributed by atoms with van der Waals surface area (Å²) in [6, 6.07) is 6.16. The van der Waals surface area contributed by atoms with Crippen LogP contribution >= 0.6 is 24.4 Å². The normalized spacial score (nSPS) is 10.1. The Bertz CT molecular complexity index is 502. The summed E-state index contributed by atoms with van der Waals surface area (Å²) in [7, 11) is 4.19. The molecule has 0 aliphatic heterocycles. The lowest BCUT2D eigenvalue weighted by Gasteiger charge is -2.16. The molecule has 21 heavy (non-hydrogen) atoms. The molecule has 5 N–H and O–H groups in total. The summed E-state index contributed by atoms with van der Waals surface area (Å²) in [6.07, 6.45) is 0. The van der Waals surface area contributed by atoms with E-state index in [2.05, 4.69) is 48.6 Å². The van der Waals surface area contributed by atoms with Gasteiger partial charge in [-0.25, -0.2) is 0 Å². The number of benzene rings is 1. The largest absolute Gasteiger partial charge is 0.356 e. The number of thiocarbonyl (C=S) groups is 2. The average molecular weight is 327 g/mol. The second-order valence-corrected chi connectivity index (χ2v) is 6.05. The first-order valence-electron chi connectivity index (χ1n) is 6.85. The van der Waals surface area contributed by atoms with Gasteiger partial charge in [0.15, 0.2) is 10.2 Å². The van der Waals surface area contributed by atoms with Crippen molar-refractivity contribution in [1.82, 2.24) is 16.2 Å². The van der Waals surface area contributed by atoms with Crippen LogP contribution in [0, 0.1) is 13.8 Å². The number of likely N-dealkylation sites (N-methyl/N-ethyl adjacent to an activating group) is 1. The maximum Gasteiger partial charge on any atom is 0.189 e. The number of nitrogens with one attached hydrogen (secondary N) is 5. The molecule has 1 aromatic rings. The van der Waals surface area contributed by atoms with Crippen molar-refractivity contribution in [2.24, 2.45) is 0 Å². The van der Waals surface area contributed by atoms with Crippen LogP contribution < -0.4 is 26.4 Å². The van der Waals surface area contributed by atoms with Gasteiger partial charge in [0.05, 0.1) is 27.2 Å². The summed E-state index contributed by atoms with van der Waals surface area (Å²) in [4.78, 5) is 1.37. The van der Waals surface area contributed by atoms with E-state index in [1.807, 2.05) is 19.1 Å². The molecular weight excluding hydrogens is 302 g/mol. The standard InChI is InChI=1S/C14H23N5S2/c1-10-5-6-12(11(2)9-10)16-14(21)18-17-13(20)15-7-8-19(3)4/h5-6,9H,7-8H2,1-4H3,(H2,15,17,20)(H2,16,18,21)/p+1. The maximum absolute atomic E-state index is 5.22. The smallest absolute Gasteiger partial charge is 0.189 e. The van der Waals surface area contributed by atoms with Gasteiger partial charge in [-0.3, -0.25) is 10.9 Å². The highest BCUT2D eigenvalue weighted by Crippen LogP contribution is 2.15. The van der Waals surface area contributed by atoms with Gasteiger partial charge in [0.2, 0.25) is 0 Å². The van der Waals surface area contributed by atoms with Crippen LogP contribution in [-0.4, -0.2) is 37.4 Å². The Balaban J connectivity index is 2.32. The van der Waals surface area contributed by atoms with Crippen molar-refractivity contribution >= 4 is 40.3 Å². The highest BCUT2D eigenvalue weighted by atomic mass is 32.1. The van der Waals surface area contributed by atoms with Crippen molar-refractivity contribution in [1.29, 1.82) is 0 Å². The highest BCUT2D eigenvalue weighted by molar-refractivity contribution is 7.80. The number of hydrazine groups is 1. The summed E-state index contributed by atoms with van der Waals surface area (Å²) in [6.45, 7) is 5.91. The lowest BCUT2D eigenvalue weighted by atomic mass is 10.1. The molecule has 0 atom stereocenters. The van der Waals surface area contributed by atoms with E-state index in [1.165, 1.54) is 10.5 Å². The average Bonchev–Trinajstić information content (AvgIpc) is 2.39. The van der Waals surface area contributed by atoms with Gasteiger partial charge >= 0.3 is 0 Å². The van der Waals surface area contributed by atoms with E-state index in [0.29, 0.717) is 10.2 Å². The van der Waals surface area contributed by atoms with Crippen molar-refractivity contribution in [3.8, 4) is 0 Å². The molecule has 0 radical (unpaired) electrons. The van der Waals surface area contributed by atoms with Crippen LogP contribution in [0.15, 0.2) is 18.2 Å². The van der Waals surface area contributed by atoms with Gasteiger partial charge in [-0.2, -0.15) is 0 Å². The zero-order chi connectivity index (χ0) is 15.8. The Morgan fingerprint density at radius 3 is 2.38 bits per heavy atom. The first-order valence-corrected chi connectivity index (χ1v) is 7.67. The van der Waals surface area contributed by atoms with Crippen LogP contribution in [0.2, 0.25) is 0 Å². The third-order valence-electron chi connectivity index (χ3n) is 2.83. The molecule has 1 aromatic carbocycles. The number of hydrogen-bond donors (Lipinski definition) is 5. The number of anilines is 1. The quantitative estimate of drug-likeness (QED) is 0.400. The van der Waals surface area contributed by atoms with Crippen LogP contribution in [-0.2, 0) is 0 Å². The monoisotopic (exact) mass is 326 g/mol. The number of rotatable bonds is 4. The molecular formula is C14H24N5S2+. The van der Waals surface area contributed by atoms with Crippen LogP contribution in [0.4, 0.5) is 5.69 Å². The fraction of sp³-hybridized carbons (Fsp3) is 0.429. The van der Waals surface area contributed by atoms with E-state index >= 15 is 0 Å². The van der Waals surface area contributed by atoms with Crippen LogP contribution in [0.1, 0.15) is 11.1 Å². The minimum Gasteiger partial charge on any atom is -0.356 e. The third kappa shape index (κ3) is 7.22. The summed E-state index contributed by atoms with van der Waals surface area (Å²) in [5.74, 6) is 0. The van der Waals surface area contributed by atoms with Crippen molar-refractivity contribution in [3.05, 3.63) is 29.3 Å². The SMILES string of the molecule is Cc1ccc(NC(=S)NNC(=S)NCC[NH+](C)C)c(C)c1. The van der Waals surface area contributed by atoms with Gasteiger partial charge in [-0.1, -0.05) is 17.7 Å². The number of aryl methyl sites for hydroxylation is 2. The molecule has 0 saturated heterocycles. The van der Waals surface area contributed by atoms with E-state index in [1.54, 1.807) is 0 Å². The van der Waals surface area contributed by atoms with E-state index in [9.17, 15) is 0 Å². The van der Waals surface area contributed by atoms with Crippen LogP contribution in [0.25, 0.3) is 0 Å². The number of hydrogen-bond acceptors (Lipinski definition) is 2. The van der Waals surface area contributed by atoms with Gasteiger partial charge in [0, 0.05) is 5.69 Å². The lowest BCUT2D eigenvalue weighted by Crippen LogP contribution is -3.06. The van der Waals surface area contributed by atoms with E-state index in [-0.39, 0.29) is 0 Å². The minimum absolute atomic E-state index is 0.476. The predicted molar refractivity (Wildman–Crippen MR) is 96.7 cm³/mol. The first-order chi connectivity index (χ1) is 9.88. The van der Waals surface area contributed by atoms with E-state index < -0.39 is 0 Å². The maximum atomic E-state index is 5.22. The van der Waals surface area contributed by atoms with Gasteiger partial charge < -0.3 is 15.5 Å². The van der Waals surface area contributed by atoms with Crippen molar-refractivity contribution < 1.29 is 4.90 Å². The molecule has 0 aliphatic rings. The zero-order valence-corrected chi connectivity index (χ0v) is 14.6. The Labute approximate surface area is 137 Å². The van der Waals surface area contributed by atoms with Crippen molar-refractivity contribution in [2.45, 2.75) is 13.8 Å².